The predicted molar refractivity (Wildman–Crippen MR) is 106 cm³/mol. The lowest BCUT2D eigenvalue weighted by molar-refractivity contribution is -0.117. The number of benzene rings is 1. The molecule has 1 aromatic carbocycles. The first kappa shape index (κ1) is 19.3. The Morgan fingerprint density at radius 2 is 1.76 bits per heavy atom. The minimum atomic E-state index is -3.61. The summed E-state index contributed by atoms with van der Waals surface area (Å²) in [6.07, 6.45) is 4.00. The smallest absolute Gasteiger partial charge is 0.324 e. The third kappa shape index (κ3) is 3.93. The van der Waals surface area contributed by atoms with Crippen molar-refractivity contribution in [3.8, 4) is 0 Å². The Morgan fingerprint density at radius 3 is 2.48 bits per heavy atom. The highest BCUT2D eigenvalue weighted by Gasteiger charge is 2.30. The van der Waals surface area contributed by atoms with Gasteiger partial charge >= 0.3 is 5.69 Å². The number of nitrogens with zero attached hydrogens (tertiary/aromatic N) is 4. The minimum absolute atomic E-state index is 0.132. The summed E-state index contributed by atoms with van der Waals surface area (Å²) in [5.74, 6) is -0.420. The van der Waals surface area contributed by atoms with Gasteiger partial charge < -0.3 is 5.32 Å². The molecule has 0 spiro atoms. The molecule has 0 atom stereocenters. The standard InChI is InChI=1S/C19H21N5O4S/c25-17(20-14-7-3-1-4-8-14)13-23-19(26)24-16(21-23)11-12-18(22-24)29(27,28)15-9-5-2-6-10-15/h1,3-4,7-8,11-12,15H,2,5-6,9-10,13H2,(H,20,25). The molecule has 152 valence electrons. The molecule has 1 aliphatic rings. The summed E-state index contributed by atoms with van der Waals surface area (Å²) < 4.78 is 27.6. The van der Waals surface area contributed by atoms with Crippen LogP contribution in [0.3, 0.4) is 0 Å². The van der Waals surface area contributed by atoms with Gasteiger partial charge in [0.1, 0.15) is 6.54 Å². The van der Waals surface area contributed by atoms with Crippen LogP contribution in [-0.4, -0.2) is 39.0 Å². The highest BCUT2D eigenvalue weighted by atomic mass is 32.2. The molecular weight excluding hydrogens is 394 g/mol. The molecule has 1 saturated carbocycles. The summed E-state index contributed by atoms with van der Waals surface area (Å²) in [6, 6.07) is 11.7. The van der Waals surface area contributed by atoms with Crippen molar-refractivity contribution in [2.24, 2.45) is 0 Å². The third-order valence-electron chi connectivity index (χ3n) is 5.05. The molecule has 29 heavy (non-hydrogen) atoms. The molecule has 4 rings (SSSR count). The largest absolute Gasteiger partial charge is 0.367 e. The molecule has 0 aliphatic heterocycles. The third-order valence-corrected chi connectivity index (χ3v) is 7.20. The van der Waals surface area contributed by atoms with Crippen molar-refractivity contribution in [1.82, 2.24) is 19.4 Å². The van der Waals surface area contributed by atoms with Gasteiger partial charge in [0.15, 0.2) is 20.5 Å². The Hall–Kier alpha value is -3.01. The van der Waals surface area contributed by atoms with Gasteiger partial charge in [-0.25, -0.2) is 17.9 Å². The van der Waals surface area contributed by atoms with Crippen LogP contribution in [0.25, 0.3) is 5.65 Å². The van der Waals surface area contributed by atoms with Crippen molar-refractivity contribution in [2.75, 3.05) is 5.32 Å². The SMILES string of the molecule is O=C(Cn1nc2ccc(S(=O)(=O)C3CCCCC3)nn2c1=O)Nc1ccccc1. The molecule has 0 bridgehead atoms. The first-order valence-corrected chi connectivity index (χ1v) is 11.1. The highest BCUT2D eigenvalue weighted by molar-refractivity contribution is 7.92. The van der Waals surface area contributed by atoms with Crippen molar-refractivity contribution in [3.05, 3.63) is 52.9 Å². The number of para-hydroxylation sites is 1. The van der Waals surface area contributed by atoms with Gasteiger partial charge in [-0.3, -0.25) is 4.79 Å². The van der Waals surface area contributed by atoms with Gasteiger partial charge in [0.2, 0.25) is 5.91 Å². The molecule has 1 aliphatic carbocycles. The lowest BCUT2D eigenvalue weighted by atomic mass is 10.0. The second-order valence-electron chi connectivity index (χ2n) is 7.10. The molecule has 10 heteroatoms. The normalized spacial score (nSPS) is 15.4. The van der Waals surface area contributed by atoms with Crippen LogP contribution in [0.5, 0.6) is 0 Å². The number of hydrogen-bond acceptors (Lipinski definition) is 6. The number of fused-ring (bicyclic) bond motifs is 1. The lowest BCUT2D eigenvalue weighted by Crippen LogP contribution is -2.30. The van der Waals surface area contributed by atoms with Gasteiger partial charge in [-0.15, -0.1) is 10.2 Å². The maximum absolute atomic E-state index is 12.9. The fraction of sp³-hybridized carbons (Fsp3) is 0.368. The van der Waals surface area contributed by atoms with Crippen LogP contribution in [-0.2, 0) is 21.2 Å². The zero-order valence-corrected chi connectivity index (χ0v) is 16.5. The molecule has 1 fully saturated rings. The summed E-state index contributed by atoms with van der Waals surface area (Å²) in [5.41, 5.74) is 0.127. The first-order chi connectivity index (χ1) is 13.9. The summed E-state index contributed by atoms with van der Waals surface area (Å²) in [7, 11) is -3.61. The van der Waals surface area contributed by atoms with Gasteiger partial charge in [0.05, 0.1) is 5.25 Å². The van der Waals surface area contributed by atoms with Crippen molar-refractivity contribution in [3.63, 3.8) is 0 Å². The highest BCUT2D eigenvalue weighted by Crippen LogP contribution is 2.27. The van der Waals surface area contributed by atoms with E-state index in [1.165, 1.54) is 12.1 Å². The van der Waals surface area contributed by atoms with Gasteiger partial charge in [0, 0.05) is 5.69 Å². The van der Waals surface area contributed by atoms with Crippen LogP contribution >= 0.6 is 0 Å². The predicted octanol–water partition coefficient (Wildman–Crippen LogP) is 1.64. The minimum Gasteiger partial charge on any atom is -0.324 e. The van der Waals surface area contributed by atoms with Crippen molar-refractivity contribution >= 4 is 27.1 Å². The topological polar surface area (TPSA) is 115 Å². The maximum Gasteiger partial charge on any atom is 0.367 e. The molecular formula is C19H21N5O4S. The summed E-state index contributed by atoms with van der Waals surface area (Å²) >= 11 is 0. The van der Waals surface area contributed by atoms with Crippen molar-refractivity contribution < 1.29 is 13.2 Å². The van der Waals surface area contributed by atoms with Gasteiger partial charge in [-0.05, 0) is 37.1 Å². The van der Waals surface area contributed by atoms with Gasteiger partial charge in [-0.1, -0.05) is 37.5 Å². The number of amides is 1. The van der Waals surface area contributed by atoms with E-state index in [1.54, 1.807) is 24.3 Å². The second kappa shape index (κ2) is 7.78. The summed E-state index contributed by atoms with van der Waals surface area (Å²) in [5, 5.41) is 10.2. The first-order valence-electron chi connectivity index (χ1n) is 9.51. The quantitative estimate of drug-likeness (QED) is 0.677. The fourth-order valence-electron chi connectivity index (χ4n) is 3.55. The summed E-state index contributed by atoms with van der Waals surface area (Å²) in [4.78, 5) is 24.8. The molecule has 9 nitrogen and oxygen atoms in total. The zero-order valence-electron chi connectivity index (χ0n) is 15.7. The average Bonchev–Trinajstić information content (AvgIpc) is 3.04. The van der Waals surface area contributed by atoms with E-state index in [2.05, 4.69) is 15.5 Å². The summed E-state index contributed by atoms with van der Waals surface area (Å²) in [6.45, 7) is -0.304. The van der Waals surface area contributed by atoms with E-state index in [4.69, 9.17) is 0 Å². The van der Waals surface area contributed by atoms with E-state index in [9.17, 15) is 18.0 Å². The Balaban J connectivity index is 1.59. The van der Waals surface area contributed by atoms with Crippen LogP contribution in [0, 0.1) is 0 Å². The number of carbonyl (C=O) groups excluding carboxylic acids is 1. The molecule has 3 aromatic rings. The Kier molecular flexibility index (Phi) is 5.18. The molecule has 2 heterocycles. The van der Waals surface area contributed by atoms with Gasteiger partial charge in [-0.2, -0.15) is 4.52 Å². The fourth-order valence-corrected chi connectivity index (χ4v) is 5.30. The van der Waals surface area contributed by atoms with Crippen LogP contribution in [0.4, 0.5) is 5.69 Å². The monoisotopic (exact) mass is 415 g/mol. The lowest BCUT2D eigenvalue weighted by Gasteiger charge is -2.20. The number of nitrogens with one attached hydrogen (secondary N) is 1. The van der Waals surface area contributed by atoms with E-state index < -0.39 is 26.7 Å². The molecule has 1 N–H and O–H groups in total. The number of rotatable bonds is 5. The molecule has 0 radical (unpaired) electrons. The Morgan fingerprint density at radius 1 is 1.03 bits per heavy atom. The van der Waals surface area contributed by atoms with Crippen LogP contribution in [0.15, 0.2) is 52.3 Å². The van der Waals surface area contributed by atoms with Crippen molar-refractivity contribution in [1.29, 1.82) is 0 Å². The number of carbonyl (C=O) groups is 1. The Labute approximate surface area is 167 Å². The van der Waals surface area contributed by atoms with Crippen molar-refractivity contribution in [2.45, 2.75) is 48.9 Å². The molecule has 0 unspecified atom stereocenters. The number of hydrogen-bond donors (Lipinski definition) is 1. The van der Waals surface area contributed by atoms with E-state index in [-0.39, 0.29) is 17.2 Å². The van der Waals surface area contributed by atoms with E-state index in [0.717, 1.165) is 28.5 Å². The Bertz CT molecular complexity index is 1190. The van der Waals surface area contributed by atoms with E-state index >= 15 is 0 Å². The van der Waals surface area contributed by atoms with Gasteiger partial charge in [0.25, 0.3) is 0 Å². The number of sulfone groups is 1. The second-order valence-corrected chi connectivity index (χ2v) is 9.28. The zero-order chi connectivity index (χ0) is 20.4. The van der Waals surface area contributed by atoms with Crippen LogP contribution in [0.1, 0.15) is 32.1 Å². The molecule has 1 amide bonds. The molecule has 0 saturated heterocycles. The molecule has 2 aromatic heterocycles. The average molecular weight is 415 g/mol. The number of aromatic nitrogens is 4. The van der Waals surface area contributed by atoms with E-state index in [0.29, 0.717) is 18.5 Å². The van der Waals surface area contributed by atoms with E-state index in [1.807, 2.05) is 6.07 Å². The van der Waals surface area contributed by atoms with Crippen LogP contribution < -0.4 is 11.0 Å². The number of anilines is 1. The maximum atomic E-state index is 12.9. The van der Waals surface area contributed by atoms with Crippen LogP contribution in [0.2, 0.25) is 0 Å².